The Hall–Kier alpha value is -2.28. The summed E-state index contributed by atoms with van der Waals surface area (Å²) in [4.78, 5) is 17.1. The minimum absolute atomic E-state index is 0.188. The van der Waals surface area contributed by atoms with Crippen LogP contribution in [0.15, 0.2) is 23.0 Å². The first kappa shape index (κ1) is 11.2. The number of anilines is 1. The lowest BCUT2D eigenvalue weighted by Gasteiger charge is -2.13. The lowest BCUT2D eigenvalue weighted by Crippen LogP contribution is -2.13. The molecule has 0 aliphatic rings. The van der Waals surface area contributed by atoms with Crippen molar-refractivity contribution in [3.63, 3.8) is 0 Å². The van der Waals surface area contributed by atoms with E-state index < -0.39 is 0 Å². The zero-order chi connectivity index (χ0) is 12.6. The monoisotopic (exact) mass is 227 g/mol. The summed E-state index contributed by atoms with van der Waals surface area (Å²) in [6.45, 7) is 1.74. The number of fused-ring (bicyclic) bond motifs is 1. The largest absolute Gasteiger partial charge is 0.378 e. The number of hydrogen-bond donors (Lipinski definition) is 1. The van der Waals surface area contributed by atoms with Gasteiger partial charge in [0.15, 0.2) is 0 Å². The third-order valence-corrected chi connectivity index (χ3v) is 2.80. The highest BCUT2D eigenvalue weighted by atomic mass is 16.1. The van der Waals surface area contributed by atoms with Crippen molar-refractivity contribution >= 4 is 16.6 Å². The van der Waals surface area contributed by atoms with E-state index in [9.17, 15) is 4.79 Å². The van der Waals surface area contributed by atoms with E-state index in [2.05, 4.69) is 4.98 Å². The number of nitrogens with zero attached hydrogens (tertiary/aromatic N) is 2. The Bertz CT molecular complexity index is 677. The topological polar surface area (TPSA) is 59.9 Å². The van der Waals surface area contributed by atoms with Crippen LogP contribution in [0.2, 0.25) is 0 Å². The number of nitrogens with one attached hydrogen (secondary N) is 1. The summed E-state index contributed by atoms with van der Waals surface area (Å²) in [7, 11) is 3.82. The highest BCUT2D eigenvalue weighted by Crippen LogP contribution is 2.18. The highest BCUT2D eigenvalue weighted by molar-refractivity contribution is 5.83. The van der Waals surface area contributed by atoms with Gasteiger partial charge in [0.05, 0.1) is 0 Å². The van der Waals surface area contributed by atoms with Crippen LogP contribution in [0.1, 0.15) is 11.3 Å². The normalized spacial score (nSPS) is 10.2. The van der Waals surface area contributed by atoms with Gasteiger partial charge in [-0.25, -0.2) is 0 Å². The third kappa shape index (κ3) is 1.76. The van der Waals surface area contributed by atoms with E-state index >= 15 is 0 Å². The molecule has 17 heavy (non-hydrogen) atoms. The Balaban J connectivity index is 2.87. The van der Waals surface area contributed by atoms with Gasteiger partial charge < -0.3 is 9.88 Å². The fourth-order valence-corrected chi connectivity index (χ4v) is 1.81. The number of rotatable bonds is 1. The van der Waals surface area contributed by atoms with Gasteiger partial charge in [-0.2, -0.15) is 5.26 Å². The summed E-state index contributed by atoms with van der Waals surface area (Å²) < 4.78 is 0. The SMILES string of the molecule is Cc1[nH]c2ccc(N(C)C)cc2c(=O)c1C#N. The molecule has 1 aromatic heterocycles. The van der Waals surface area contributed by atoms with Gasteiger partial charge in [-0.3, -0.25) is 4.79 Å². The van der Waals surface area contributed by atoms with E-state index in [1.54, 1.807) is 13.0 Å². The summed E-state index contributed by atoms with van der Waals surface area (Å²) in [5, 5.41) is 9.51. The summed E-state index contributed by atoms with van der Waals surface area (Å²) in [6, 6.07) is 7.54. The predicted molar refractivity (Wildman–Crippen MR) is 68.3 cm³/mol. The fourth-order valence-electron chi connectivity index (χ4n) is 1.81. The molecule has 1 aromatic carbocycles. The Labute approximate surface area is 99.1 Å². The second-order valence-electron chi connectivity index (χ2n) is 4.19. The van der Waals surface area contributed by atoms with Crippen molar-refractivity contribution in [3.8, 4) is 6.07 Å². The van der Waals surface area contributed by atoms with Crippen molar-refractivity contribution in [2.75, 3.05) is 19.0 Å². The molecule has 2 rings (SSSR count). The van der Waals surface area contributed by atoms with Crippen LogP contribution >= 0.6 is 0 Å². The Morgan fingerprint density at radius 3 is 2.65 bits per heavy atom. The van der Waals surface area contributed by atoms with Crippen molar-refractivity contribution in [2.45, 2.75) is 6.92 Å². The molecular formula is C13H13N3O. The van der Waals surface area contributed by atoms with Crippen LogP contribution in [0.3, 0.4) is 0 Å². The molecule has 0 bridgehead atoms. The molecule has 0 aliphatic heterocycles. The first-order valence-electron chi connectivity index (χ1n) is 5.28. The van der Waals surface area contributed by atoms with Gasteiger partial charge in [0.1, 0.15) is 11.6 Å². The van der Waals surface area contributed by atoms with Gasteiger partial charge in [-0.1, -0.05) is 0 Å². The van der Waals surface area contributed by atoms with Gasteiger partial charge in [0.25, 0.3) is 0 Å². The van der Waals surface area contributed by atoms with Crippen molar-refractivity contribution in [1.29, 1.82) is 5.26 Å². The number of aromatic amines is 1. The summed E-state index contributed by atoms with van der Waals surface area (Å²) in [6.07, 6.45) is 0. The second kappa shape index (κ2) is 3.95. The van der Waals surface area contributed by atoms with Gasteiger partial charge in [-0.05, 0) is 25.1 Å². The van der Waals surface area contributed by atoms with Crippen LogP contribution in [0, 0.1) is 18.3 Å². The van der Waals surface area contributed by atoms with Crippen LogP contribution in [0.5, 0.6) is 0 Å². The Morgan fingerprint density at radius 1 is 1.35 bits per heavy atom. The van der Waals surface area contributed by atoms with Crippen LogP contribution in [-0.2, 0) is 0 Å². The van der Waals surface area contributed by atoms with Crippen molar-refractivity contribution in [1.82, 2.24) is 4.98 Å². The fraction of sp³-hybridized carbons (Fsp3) is 0.231. The predicted octanol–water partition coefficient (Wildman–Crippen LogP) is 1.77. The molecule has 0 saturated heterocycles. The molecule has 0 atom stereocenters. The summed E-state index contributed by atoms with van der Waals surface area (Å²) >= 11 is 0. The Morgan fingerprint density at radius 2 is 2.06 bits per heavy atom. The quantitative estimate of drug-likeness (QED) is 0.807. The number of pyridine rings is 1. The van der Waals surface area contributed by atoms with E-state index in [1.165, 1.54) is 0 Å². The zero-order valence-electron chi connectivity index (χ0n) is 10.0. The van der Waals surface area contributed by atoms with Crippen LogP contribution < -0.4 is 10.3 Å². The number of aromatic nitrogens is 1. The summed E-state index contributed by atoms with van der Waals surface area (Å²) in [5.74, 6) is 0. The molecule has 2 aromatic rings. The van der Waals surface area contributed by atoms with E-state index in [0.29, 0.717) is 11.1 Å². The molecular weight excluding hydrogens is 214 g/mol. The minimum atomic E-state index is -0.206. The van der Waals surface area contributed by atoms with Gasteiger partial charge >= 0.3 is 0 Å². The second-order valence-corrected chi connectivity index (χ2v) is 4.19. The van der Waals surface area contributed by atoms with Crippen molar-refractivity contribution in [3.05, 3.63) is 39.7 Å². The molecule has 0 aliphatic carbocycles. The first-order chi connectivity index (χ1) is 8.04. The molecule has 0 unspecified atom stereocenters. The molecule has 86 valence electrons. The molecule has 4 heteroatoms. The molecule has 1 N–H and O–H groups in total. The number of nitriles is 1. The summed E-state index contributed by atoms with van der Waals surface area (Å²) in [5.41, 5.74) is 2.30. The maximum atomic E-state index is 12.1. The maximum Gasteiger partial charge on any atom is 0.207 e. The minimum Gasteiger partial charge on any atom is -0.378 e. The average molecular weight is 227 g/mol. The maximum absolute atomic E-state index is 12.1. The first-order valence-corrected chi connectivity index (χ1v) is 5.28. The number of benzene rings is 1. The van der Waals surface area contributed by atoms with E-state index in [-0.39, 0.29) is 11.0 Å². The van der Waals surface area contributed by atoms with Crippen molar-refractivity contribution in [2.24, 2.45) is 0 Å². The van der Waals surface area contributed by atoms with Gasteiger partial charge in [-0.15, -0.1) is 0 Å². The zero-order valence-corrected chi connectivity index (χ0v) is 10.0. The van der Waals surface area contributed by atoms with E-state index in [1.807, 2.05) is 37.2 Å². The number of aryl methyl sites for hydroxylation is 1. The van der Waals surface area contributed by atoms with E-state index in [4.69, 9.17) is 5.26 Å². The van der Waals surface area contributed by atoms with E-state index in [0.717, 1.165) is 11.2 Å². The lowest BCUT2D eigenvalue weighted by atomic mass is 10.1. The highest BCUT2D eigenvalue weighted by Gasteiger charge is 2.09. The van der Waals surface area contributed by atoms with Crippen molar-refractivity contribution < 1.29 is 0 Å². The molecule has 0 amide bonds. The molecule has 0 radical (unpaired) electrons. The molecule has 1 heterocycles. The smallest absolute Gasteiger partial charge is 0.207 e. The van der Waals surface area contributed by atoms with Crippen LogP contribution in [0.4, 0.5) is 5.69 Å². The standard InChI is InChI=1S/C13H13N3O/c1-8-11(7-14)13(17)10-6-9(16(2)3)4-5-12(10)15-8/h4-6H,1-3H3,(H,15,17). The average Bonchev–Trinajstić information content (AvgIpc) is 2.29. The van der Waals surface area contributed by atoms with Crippen LogP contribution in [-0.4, -0.2) is 19.1 Å². The number of hydrogen-bond acceptors (Lipinski definition) is 3. The van der Waals surface area contributed by atoms with Gasteiger partial charge in [0, 0.05) is 36.4 Å². The third-order valence-electron chi connectivity index (χ3n) is 2.80. The number of H-pyrrole nitrogens is 1. The molecule has 4 nitrogen and oxygen atoms in total. The lowest BCUT2D eigenvalue weighted by molar-refractivity contribution is 1.13. The van der Waals surface area contributed by atoms with Gasteiger partial charge in [0.2, 0.25) is 5.43 Å². The van der Waals surface area contributed by atoms with Crippen LogP contribution in [0.25, 0.3) is 10.9 Å². The Kier molecular flexibility index (Phi) is 2.60. The molecule has 0 spiro atoms. The molecule has 0 saturated carbocycles. The molecule has 0 fully saturated rings.